The Morgan fingerprint density at radius 2 is 1.89 bits per heavy atom. The van der Waals surface area contributed by atoms with Crippen molar-refractivity contribution in [3.05, 3.63) is 35.4 Å². The van der Waals surface area contributed by atoms with E-state index in [1.54, 1.807) is 0 Å². The van der Waals surface area contributed by atoms with Gasteiger partial charge in [-0.15, -0.1) is 0 Å². The lowest BCUT2D eigenvalue weighted by atomic mass is 10.0. The van der Waals surface area contributed by atoms with Gasteiger partial charge in [0.15, 0.2) is 0 Å². The lowest BCUT2D eigenvalue weighted by Crippen LogP contribution is -2.49. The monoisotopic (exact) mass is 276 g/mol. The number of halogens is 3. The van der Waals surface area contributed by atoms with Crippen molar-refractivity contribution in [1.82, 2.24) is 5.32 Å². The molecule has 0 aliphatic rings. The van der Waals surface area contributed by atoms with Crippen LogP contribution in [0.5, 0.6) is 0 Å². The number of hydrogen-bond acceptors (Lipinski definition) is 3. The Bertz CT molecular complexity index is 429. The Morgan fingerprint density at radius 1 is 1.37 bits per heavy atom. The van der Waals surface area contributed by atoms with Crippen LogP contribution < -0.4 is 10.4 Å². The van der Waals surface area contributed by atoms with Crippen molar-refractivity contribution in [2.45, 2.75) is 31.7 Å². The van der Waals surface area contributed by atoms with Crippen LogP contribution in [0.3, 0.4) is 0 Å². The number of nitrogens with one attached hydrogen (secondary N) is 1. The topological polar surface area (TPSA) is 72.4 Å². The van der Waals surface area contributed by atoms with E-state index in [-0.39, 0.29) is 6.42 Å². The summed E-state index contributed by atoms with van der Waals surface area (Å²) in [4.78, 5) is 10.4. The van der Waals surface area contributed by atoms with Crippen molar-refractivity contribution in [2.24, 2.45) is 0 Å². The maximum atomic E-state index is 12.3. The molecule has 0 heterocycles. The Morgan fingerprint density at radius 3 is 2.26 bits per heavy atom. The van der Waals surface area contributed by atoms with E-state index in [4.69, 9.17) is 0 Å². The first kappa shape index (κ1) is 15.3. The van der Waals surface area contributed by atoms with E-state index in [0.717, 1.165) is 12.1 Å². The molecule has 0 spiro atoms. The predicted molar refractivity (Wildman–Crippen MR) is 59.1 cm³/mol. The normalized spacial score (nSPS) is 14.8. The average Bonchev–Trinajstić information content (AvgIpc) is 2.27. The molecule has 1 aromatic rings. The first-order chi connectivity index (χ1) is 8.70. The minimum atomic E-state index is -4.41. The highest BCUT2D eigenvalue weighted by Crippen LogP contribution is 2.29. The molecule has 0 saturated carbocycles. The van der Waals surface area contributed by atoms with Gasteiger partial charge in [-0.2, -0.15) is 13.2 Å². The minimum Gasteiger partial charge on any atom is -0.530 e. The van der Waals surface area contributed by atoms with E-state index in [1.807, 2.05) is 5.32 Å². The zero-order valence-electron chi connectivity index (χ0n) is 10.1. The van der Waals surface area contributed by atoms with Gasteiger partial charge in [0.25, 0.3) is 0 Å². The largest absolute Gasteiger partial charge is 0.530 e. The maximum absolute atomic E-state index is 12.3. The van der Waals surface area contributed by atoms with Crippen molar-refractivity contribution in [3.63, 3.8) is 0 Å². The maximum Gasteiger partial charge on any atom is 0.416 e. The van der Waals surface area contributed by atoms with Crippen LogP contribution in [-0.4, -0.2) is 23.3 Å². The molecule has 4 nitrogen and oxygen atoms in total. The van der Waals surface area contributed by atoms with Crippen molar-refractivity contribution < 1.29 is 28.2 Å². The first-order valence-electron chi connectivity index (χ1n) is 5.52. The minimum absolute atomic E-state index is 0.0732. The van der Waals surface area contributed by atoms with Gasteiger partial charge in [0, 0.05) is 0 Å². The number of amides is 1. The Labute approximate surface area is 107 Å². The second-order valence-electron chi connectivity index (χ2n) is 4.18. The van der Waals surface area contributed by atoms with Crippen LogP contribution in [0.2, 0.25) is 0 Å². The van der Waals surface area contributed by atoms with Crippen molar-refractivity contribution >= 4 is 6.09 Å². The Hall–Kier alpha value is -1.76. The number of hydrogen-bond donors (Lipinski definition) is 2. The third-order valence-electron chi connectivity index (χ3n) is 2.62. The molecule has 0 aliphatic heterocycles. The highest BCUT2D eigenvalue weighted by atomic mass is 19.4. The summed E-state index contributed by atoms with van der Waals surface area (Å²) in [5.74, 6) is 0. The fourth-order valence-corrected chi connectivity index (χ4v) is 1.58. The molecule has 2 atom stereocenters. The highest BCUT2D eigenvalue weighted by molar-refractivity contribution is 5.62. The lowest BCUT2D eigenvalue weighted by Gasteiger charge is -2.23. The third-order valence-corrected chi connectivity index (χ3v) is 2.62. The van der Waals surface area contributed by atoms with Crippen molar-refractivity contribution in [2.75, 3.05) is 0 Å². The molecular weight excluding hydrogens is 263 g/mol. The van der Waals surface area contributed by atoms with E-state index < -0.39 is 30.0 Å². The van der Waals surface area contributed by atoms with E-state index in [2.05, 4.69) is 0 Å². The van der Waals surface area contributed by atoms with Gasteiger partial charge in [0.2, 0.25) is 0 Å². The van der Waals surface area contributed by atoms with Crippen LogP contribution >= 0.6 is 0 Å². The summed E-state index contributed by atoms with van der Waals surface area (Å²) in [7, 11) is 0. The summed E-state index contributed by atoms with van der Waals surface area (Å²) in [6, 6.07) is 3.48. The molecule has 0 aliphatic carbocycles. The lowest BCUT2D eigenvalue weighted by molar-refractivity contribution is -0.252. The molecule has 19 heavy (non-hydrogen) atoms. The molecule has 1 amide bonds. The van der Waals surface area contributed by atoms with Crippen LogP contribution in [0, 0.1) is 0 Å². The number of benzene rings is 1. The molecule has 1 aromatic carbocycles. The molecule has 0 bridgehead atoms. The summed E-state index contributed by atoms with van der Waals surface area (Å²) >= 11 is 0. The quantitative estimate of drug-likeness (QED) is 0.859. The second kappa shape index (κ2) is 5.92. The highest BCUT2D eigenvalue weighted by Gasteiger charge is 2.30. The standard InChI is InChI=1S/C12H14F3NO3/c1-7(17)10(16-11(18)19)6-8-2-4-9(5-3-8)12(13,14)15/h2-5,7,10,16-17H,6H2,1H3,(H,18,19)/p-1/t7-,10+/m1/s1. The molecule has 7 heteroatoms. The van der Waals surface area contributed by atoms with Crippen LogP contribution in [-0.2, 0) is 12.6 Å². The van der Waals surface area contributed by atoms with Crippen LogP contribution in [0.4, 0.5) is 18.0 Å². The fraction of sp³-hybridized carbons (Fsp3) is 0.417. The Balaban J connectivity index is 2.78. The van der Waals surface area contributed by atoms with Gasteiger partial charge in [-0.1, -0.05) is 12.1 Å². The van der Waals surface area contributed by atoms with Gasteiger partial charge in [-0.3, -0.25) is 0 Å². The summed E-state index contributed by atoms with van der Waals surface area (Å²) in [6.45, 7) is 1.38. The number of aliphatic hydroxyl groups is 1. The summed E-state index contributed by atoms with van der Waals surface area (Å²) in [5.41, 5.74) is -0.301. The molecule has 0 aromatic heterocycles. The van der Waals surface area contributed by atoms with E-state index in [0.29, 0.717) is 5.56 Å². The smallest absolute Gasteiger partial charge is 0.416 e. The van der Waals surface area contributed by atoms with Crippen molar-refractivity contribution in [1.29, 1.82) is 0 Å². The van der Waals surface area contributed by atoms with Crippen LogP contribution in [0.25, 0.3) is 0 Å². The van der Waals surface area contributed by atoms with Gasteiger partial charge in [0.05, 0.1) is 17.7 Å². The van der Waals surface area contributed by atoms with Gasteiger partial charge in [-0.05, 0) is 31.0 Å². The summed E-state index contributed by atoms with van der Waals surface area (Å²) < 4.78 is 37.0. The SMILES string of the molecule is C[C@@H](O)[C@H](Cc1ccc(C(F)(F)F)cc1)NC(=O)[O-]. The number of carboxylic acid groups (broad SMARTS) is 1. The molecule has 2 N–H and O–H groups in total. The molecule has 0 saturated heterocycles. The predicted octanol–water partition coefficient (Wildman–Crippen LogP) is 0.930. The van der Waals surface area contributed by atoms with Gasteiger partial charge in [0.1, 0.15) is 6.09 Å². The van der Waals surface area contributed by atoms with E-state index >= 15 is 0 Å². The molecular formula is C12H13F3NO3-. The molecule has 0 unspecified atom stereocenters. The molecule has 0 fully saturated rings. The number of alkyl halides is 3. The number of rotatable bonds is 4. The number of carbonyl (C=O) groups is 1. The summed E-state index contributed by atoms with van der Waals surface area (Å²) in [6.07, 6.45) is -6.87. The zero-order valence-corrected chi connectivity index (χ0v) is 10.1. The van der Waals surface area contributed by atoms with Gasteiger partial charge >= 0.3 is 6.18 Å². The third kappa shape index (κ3) is 4.78. The average molecular weight is 276 g/mol. The molecule has 0 radical (unpaired) electrons. The van der Waals surface area contributed by atoms with Crippen molar-refractivity contribution in [3.8, 4) is 0 Å². The second-order valence-corrected chi connectivity index (χ2v) is 4.18. The molecule has 106 valence electrons. The zero-order chi connectivity index (χ0) is 14.6. The number of aliphatic hydroxyl groups excluding tert-OH is 1. The van der Waals surface area contributed by atoms with Crippen LogP contribution in [0.15, 0.2) is 24.3 Å². The van der Waals surface area contributed by atoms with Gasteiger partial charge in [-0.25, -0.2) is 0 Å². The molecule has 1 rings (SSSR count). The summed E-state index contributed by atoms with van der Waals surface area (Å²) in [5, 5.41) is 21.8. The van der Waals surface area contributed by atoms with Crippen LogP contribution in [0.1, 0.15) is 18.1 Å². The first-order valence-corrected chi connectivity index (χ1v) is 5.52. The fourth-order valence-electron chi connectivity index (χ4n) is 1.58. The van der Waals surface area contributed by atoms with E-state index in [9.17, 15) is 28.2 Å². The van der Waals surface area contributed by atoms with Gasteiger partial charge < -0.3 is 20.3 Å². The Kier molecular flexibility index (Phi) is 4.77. The van der Waals surface area contributed by atoms with E-state index in [1.165, 1.54) is 19.1 Å². The number of carbonyl (C=O) groups excluding carboxylic acids is 1.